The number of hydrogen-bond acceptors (Lipinski definition) is 7. The van der Waals surface area contributed by atoms with Crippen molar-refractivity contribution in [2.24, 2.45) is 11.8 Å². The van der Waals surface area contributed by atoms with E-state index in [9.17, 15) is 19.7 Å². The van der Waals surface area contributed by atoms with Crippen molar-refractivity contribution in [1.29, 1.82) is 0 Å². The molecule has 2 aliphatic rings. The molecular formula is C26H33BrN6O4. The maximum Gasteiger partial charge on any atom is 0.294 e. The zero-order valence-electron chi connectivity index (χ0n) is 21.4. The van der Waals surface area contributed by atoms with Gasteiger partial charge in [-0.05, 0) is 43.2 Å². The van der Waals surface area contributed by atoms with Crippen LogP contribution in [-0.2, 0) is 0 Å². The zero-order chi connectivity index (χ0) is 26.7. The third-order valence-electron chi connectivity index (χ3n) is 7.00. The summed E-state index contributed by atoms with van der Waals surface area (Å²) in [4.78, 5) is 46.1. The van der Waals surface area contributed by atoms with E-state index in [2.05, 4.69) is 45.4 Å². The Morgan fingerprint density at radius 3 is 2.49 bits per heavy atom. The molecule has 2 aliphatic heterocycles. The van der Waals surface area contributed by atoms with Crippen LogP contribution < -0.4 is 10.6 Å². The number of nitro groups is 1. The molecule has 0 aliphatic carbocycles. The Labute approximate surface area is 225 Å². The number of nitro benzene ring substituents is 1. The molecule has 198 valence electrons. The summed E-state index contributed by atoms with van der Waals surface area (Å²) in [6.07, 6.45) is 5.68. The number of carbonyl (C=O) groups excluding carboxylic acids is 2. The topological polar surface area (TPSA) is 121 Å². The molecule has 0 bridgehead atoms. The maximum atomic E-state index is 13.7. The normalized spacial score (nSPS) is 21.9. The van der Waals surface area contributed by atoms with E-state index in [1.54, 1.807) is 35.2 Å². The fourth-order valence-electron chi connectivity index (χ4n) is 5.42. The number of benzene rings is 1. The summed E-state index contributed by atoms with van der Waals surface area (Å²) in [6, 6.07) is 4.58. The van der Waals surface area contributed by atoms with Gasteiger partial charge in [0.05, 0.1) is 21.7 Å². The fraction of sp³-hybridized carbons (Fsp3) is 0.500. The second kappa shape index (κ2) is 11.5. The van der Waals surface area contributed by atoms with Gasteiger partial charge in [-0.15, -0.1) is 0 Å². The monoisotopic (exact) mass is 572 g/mol. The van der Waals surface area contributed by atoms with Crippen LogP contribution in [0, 0.1) is 22.0 Å². The number of halogens is 1. The van der Waals surface area contributed by atoms with Gasteiger partial charge in [-0.25, -0.2) is 0 Å². The van der Waals surface area contributed by atoms with Crippen molar-refractivity contribution in [3.8, 4) is 0 Å². The minimum absolute atomic E-state index is 0.144. The number of nitrogens with one attached hydrogen (secondary N) is 2. The number of anilines is 2. The van der Waals surface area contributed by atoms with Gasteiger partial charge in [0.15, 0.2) is 0 Å². The Kier molecular flexibility index (Phi) is 8.31. The summed E-state index contributed by atoms with van der Waals surface area (Å²) in [6.45, 7) is 6.42. The predicted molar refractivity (Wildman–Crippen MR) is 146 cm³/mol. The number of aromatic nitrogens is 1. The molecule has 10 nitrogen and oxygen atoms in total. The average Bonchev–Trinajstić information content (AvgIpc) is 2.88. The molecule has 2 amide bonds. The molecule has 2 fully saturated rings. The van der Waals surface area contributed by atoms with Crippen molar-refractivity contribution in [3.05, 3.63) is 56.3 Å². The van der Waals surface area contributed by atoms with Crippen LogP contribution in [0.4, 0.5) is 17.1 Å². The summed E-state index contributed by atoms with van der Waals surface area (Å²) in [7, 11) is 1.77. The SMILES string of the molecule is CNc1cncc(C(=O)N2CCC[C@@H](Nc3c(C(=O)N4C[C@@H](C)C[C@H](C)C4)cc(Br)cc3[N+](=O)[O-])C2)c1. The van der Waals surface area contributed by atoms with Crippen LogP contribution in [0.5, 0.6) is 0 Å². The minimum atomic E-state index is -0.466. The van der Waals surface area contributed by atoms with Crippen LogP contribution in [0.1, 0.15) is 53.8 Å². The number of hydrogen-bond donors (Lipinski definition) is 2. The van der Waals surface area contributed by atoms with Crippen molar-refractivity contribution in [2.75, 3.05) is 43.9 Å². The largest absolute Gasteiger partial charge is 0.387 e. The lowest BCUT2D eigenvalue weighted by Gasteiger charge is -2.36. The van der Waals surface area contributed by atoms with Crippen molar-refractivity contribution in [2.45, 2.75) is 39.2 Å². The highest BCUT2D eigenvalue weighted by molar-refractivity contribution is 9.10. The van der Waals surface area contributed by atoms with E-state index in [0.717, 1.165) is 24.9 Å². The Morgan fingerprint density at radius 2 is 1.81 bits per heavy atom. The van der Waals surface area contributed by atoms with Crippen LogP contribution in [0.2, 0.25) is 0 Å². The molecule has 2 saturated heterocycles. The summed E-state index contributed by atoms with van der Waals surface area (Å²) in [5.74, 6) is 0.359. The summed E-state index contributed by atoms with van der Waals surface area (Å²) >= 11 is 3.36. The van der Waals surface area contributed by atoms with Crippen molar-refractivity contribution >= 4 is 44.8 Å². The molecule has 4 rings (SSSR count). The number of amides is 2. The zero-order valence-corrected chi connectivity index (χ0v) is 23.0. The quantitative estimate of drug-likeness (QED) is 0.382. The van der Waals surface area contributed by atoms with E-state index in [4.69, 9.17) is 0 Å². The highest BCUT2D eigenvalue weighted by atomic mass is 79.9. The van der Waals surface area contributed by atoms with Gasteiger partial charge in [-0.3, -0.25) is 24.7 Å². The molecule has 0 saturated carbocycles. The number of pyridine rings is 1. The third kappa shape index (κ3) is 6.20. The van der Waals surface area contributed by atoms with Crippen molar-refractivity contribution < 1.29 is 14.5 Å². The van der Waals surface area contributed by atoms with Gasteiger partial charge < -0.3 is 20.4 Å². The van der Waals surface area contributed by atoms with E-state index in [1.165, 1.54) is 12.3 Å². The van der Waals surface area contributed by atoms with Crippen LogP contribution in [-0.4, -0.2) is 70.8 Å². The lowest BCUT2D eigenvalue weighted by molar-refractivity contribution is -0.384. The van der Waals surface area contributed by atoms with E-state index < -0.39 is 4.92 Å². The van der Waals surface area contributed by atoms with Crippen LogP contribution >= 0.6 is 15.9 Å². The van der Waals surface area contributed by atoms with Gasteiger partial charge in [-0.2, -0.15) is 0 Å². The highest BCUT2D eigenvalue weighted by Crippen LogP contribution is 2.36. The second-order valence-electron chi connectivity index (χ2n) is 10.2. The number of nitrogens with zero attached hydrogens (tertiary/aromatic N) is 4. The molecule has 1 aromatic heterocycles. The molecular weight excluding hydrogens is 540 g/mol. The predicted octanol–water partition coefficient (Wildman–Crippen LogP) is 4.63. The Balaban J connectivity index is 1.60. The molecule has 3 atom stereocenters. The lowest BCUT2D eigenvalue weighted by atomic mass is 9.91. The van der Waals surface area contributed by atoms with Gasteiger partial charge >= 0.3 is 0 Å². The van der Waals surface area contributed by atoms with Gasteiger partial charge in [0.1, 0.15) is 5.69 Å². The minimum Gasteiger partial charge on any atom is -0.387 e. The molecule has 37 heavy (non-hydrogen) atoms. The van der Waals surface area contributed by atoms with E-state index in [0.29, 0.717) is 48.1 Å². The lowest BCUT2D eigenvalue weighted by Crippen LogP contribution is -2.46. The standard InChI is InChI=1S/C26H33BrN6O4/c1-16-7-17(2)14-32(13-16)26(35)22-9-19(27)10-23(33(36)37)24(22)30-20-5-4-6-31(15-20)25(34)18-8-21(28-3)12-29-11-18/h8-12,16-17,20,28,30H,4-7,13-15H2,1-3H3/t16-,17-,20+/m0/s1. The molecule has 2 N–H and O–H groups in total. The number of piperidine rings is 2. The molecule has 0 radical (unpaired) electrons. The third-order valence-corrected chi connectivity index (χ3v) is 7.45. The van der Waals surface area contributed by atoms with E-state index in [1.807, 2.05) is 0 Å². The second-order valence-corrected chi connectivity index (χ2v) is 11.1. The van der Waals surface area contributed by atoms with Crippen LogP contribution in [0.25, 0.3) is 0 Å². The van der Waals surface area contributed by atoms with Crippen molar-refractivity contribution in [3.63, 3.8) is 0 Å². The highest BCUT2D eigenvalue weighted by Gasteiger charge is 2.33. The smallest absolute Gasteiger partial charge is 0.294 e. The Morgan fingerprint density at radius 1 is 1.08 bits per heavy atom. The molecule has 11 heteroatoms. The first-order chi connectivity index (χ1) is 17.7. The number of likely N-dealkylation sites (tertiary alicyclic amines) is 2. The molecule has 0 unspecified atom stereocenters. The first kappa shape index (κ1) is 26.8. The van der Waals surface area contributed by atoms with Crippen molar-refractivity contribution in [1.82, 2.24) is 14.8 Å². The molecule has 0 spiro atoms. The average molecular weight is 573 g/mol. The molecule has 1 aromatic carbocycles. The number of carbonyl (C=O) groups is 2. The Bertz CT molecular complexity index is 1180. The molecule has 3 heterocycles. The molecule has 2 aromatic rings. The van der Waals surface area contributed by atoms with Gasteiger partial charge in [0, 0.05) is 62.2 Å². The van der Waals surface area contributed by atoms with Crippen LogP contribution in [0.15, 0.2) is 35.1 Å². The van der Waals surface area contributed by atoms with Gasteiger partial charge in [0.2, 0.25) is 0 Å². The van der Waals surface area contributed by atoms with Gasteiger partial charge in [0.25, 0.3) is 17.5 Å². The number of rotatable bonds is 6. The summed E-state index contributed by atoms with van der Waals surface area (Å²) in [5.41, 5.74) is 1.54. The van der Waals surface area contributed by atoms with E-state index in [-0.39, 0.29) is 34.8 Å². The van der Waals surface area contributed by atoms with Crippen LogP contribution in [0.3, 0.4) is 0 Å². The first-order valence-corrected chi connectivity index (χ1v) is 13.4. The Hall–Kier alpha value is -3.21. The first-order valence-electron chi connectivity index (χ1n) is 12.6. The van der Waals surface area contributed by atoms with Gasteiger partial charge in [-0.1, -0.05) is 29.8 Å². The summed E-state index contributed by atoms with van der Waals surface area (Å²) < 4.78 is 0.476. The summed E-state index contributed by atoms with van der Waals surface area (Å²) in [5, 5.41) is 18.3. The van der Waals surface area contributed by atoms with E-state index >= 15 is 0 Å². The maximum absolute atomic E-state index is 13.7. The fourth-order valence-corrected chi connectivity index (χ4v) is 5.86.